The van der Waals surface area contributed by atoms with E-state index in [0.29, 0.717) is 12.3 Å². The number of oxazole rings is 1. The Kier molecular flexibility index (Phi) is 3.58. The van der Waals surface area contributed by atoms with Gasteiger partial charge in [0, 0.05) is 23.9 Å². The molecule has 1 saturated heterocycles. The highest BCUT2D eigenvalue weighted by Crippen LogP contribution is 2.27. The van der Waals surface area contributed by atoms with Gasteiger partial charge in [-0.2, -0.15) is 0 Å². The summed E-state index contributed by atoms with van der Waals surface area (Å²) in [6, 6.07) is 7.85. The maximum absolute atomic E-state index is 6.16. The van der Waals surface area contributed by atoms with Gasteiger partial charge in [-0.05, 0) is 31.6 Å². The van der Waals surface area contributed by atoms with E-state index in [-0.39, 0.29) is 0 Å². The van der Waals surface area contributed by atoms with E-state index >= 15 is 0 Å². The smallest absolute Gasteiger partial charge is 0.198 e. The fourth-order valence-electron chi connectivity index (χ4n) is 2.56. The van der Waals surface area contributed by atoms with Gasteiger partial charge < -0.3 is 9.32 Å². The second kappa shape index (κ2) is 5.35. The maximum Gasteiger partial charge on any atom is 0.198 e. The van der Waals surface area contributed by atoms with Gasteiger partial charge in [-0.15, -0.1) is 0 Å². The first-order valence-electron chi connectivity index (χ1n) is 6.59. The van der Waals surface area contributed by atoms with Crippen molar-refractivity contribution in [2.24, 2.45) is 0 Å². The van der Waals surface area contributed by atoms with Crippen molar-refractivity contribution < 1.29 is 4.42 Å². The van der Waals surface area contributed by atoms with E-state index in [1.54, 1.807) is 0 Å². The Morgan fingerprint density at radius 2 is 2.26 bits per heavy atom. The van der Waals surface area contributed by atoms with Crippen LogP contribution in [0.1, 0.15) is 29.6 Å². The van der Waals surface area contributed by atoms with E-state index in [9.17, 15) is 0 Å². The molecule has 1 aromatic heterocycles. The zero-order valence-electron chi connectivity index (χ0n) is 11.0. The lowest BCUT2D eigenvalue weighted by Crippen LogP contribution is -2.13. The van der Waals surface area contributed by atoms with Gasteiger partial charge in [0.05, 0.1) is 6.20 Å². The summed E-state index contributed by atoms with van der Waals surface area (Å²) in [5, 5.41) is 0.779. The van der Waals surface area contributed by atoms with Crippen LogP contribution in [0.3, 0.4) is 0 Å². The average Bonchev–Trinajstić information content (AvgIpc) is 3.01. The third-order valence-electron chi connectivity index (χ3n) is 3.63. The van der Waals surface area contributed by atoms with Gasteiger partial charge in [-0.25, -0.2) is 4.98 Å². The third kappa shape index (κ3) is 2.82. The minimum absolute atomic E-state index is 0.435. The first-order chi connectivity index (χ1) is 9.22. The van der Waals surface area contributed by atoms with E-state index in [4.69, 9.17) is 16.0 Å². The van der Waals surface area contributed by atoms with Crippen molar-refractivity contribution >= 4 is 11.6 Å². The molecule has 2 heterocycles. The second-order valence-corrected chi connectivity index (χ2v) is 5.59. The van der Waals surface area contributed by atoms with E-state index in [0.717, 1.165) is 41.7 Å². The Labute approximate surface area is 118 Å². The van der Waals surface area contributed by atoms with Crippen LogP contribution in [0, 0.1) is 0 Å². The molecule has 1 unspecified atom stereocenters. The minimum Gasteiger partial charge on any atom is -0.445 e. The highest BCUT2D eigenvalue weighted by atomic mass is 35.5. The zero-order valence-corrected chi connectivity index (χ0v) is 11.7. The first kappa shape index (κ1) is 12.7. The topological polar surface area (TPSA) is 29.3 Å². The van der Waals surface area contributed by atoms with Crippen molar-refractivity contribution in [3.8, 4) is 0 Å². The molecule has 1 atom stereocenters. The molecular weight excluding hydrogens is 260 g/mol. The number of aromatic nitrogens is 1. The summed E-state index contributed by atoms with van der Waals surface area (Å²) in [6.07, 6.45) is 3.66. The lowest BCUT2D eigenvalue weighted by atomic mass is 10.1. The Morgan fingerprint density at radius 1 is 1.42 bits per heavy atom. The summed E-state index contributed by atoms with van der Waals surface area (Å²) in [4.78, 5) is 6.73. The van der Waals surface area contributed by atoms with E-state index in [2.05, 4.69) is 16.9 Å². The molecule has 0 amide bonds. The maximum atomic E-state index is 6.16. The fourth-order valence-corrected chi connectivity index (χ4v) is 2.76. The van der Waals surface area contributed by atoms with Crippen LogP contribution in [0.15, 0.2) is 34.9 Å². The molecule has 1 aliphatic rings. The molecule has 1 fully saturated rings. The third-order valence-corrected chi connectivity index (χ3v) is 4.00. The summed E-state index contributed by atoms with van der Waals surface area (Å²) >= 11 is 6.16. The molecular formula is C15H17ClN2O. The van der Waals surface area contributed by atoms with Gasteiger partial charge in [-0.1, -0.05) is 29.8 Å². The fraction of sp³-hybridized carbons (Fsp3) is 0.400. The van der Waals surface area contributed by atoms with Crippen LogP contribution >= 0.6 is 11.6 Å². The molecule has 1 aromatic carbocycles. The van der Waals surface area contributed by atoms with Crippen LogP contribution in [0.4, 0.5) is 0 Å². The SMILES string of the molecule is CN1CCC(c2ncc(Cc3ccccc3Cl)o2)C1. The molecule has 4 heteroatoms. The molecule has 0 bridgehead atoms. The molecule has 100 valence electrons. The quantitative estimate of drug-likeness (QED) is 0.861. The van der Waals surface area contributed by atoms with Crippen molar-refractivity contribution in [2.45, 2.75) is 18.8 Å². The summed E-state index contributed by atoms with van der Waals surface area (Å²) in [7, 11) is 2.13. The molecule has 0 N–H and O–H groups in total. The van der Waals surface area contributed by atoms with Crippen LogP contribution in [0.5, 0.6) is 0 Å². The number of rotatable bonds is 3. The highest BCUT2D eigenvalue weighted by molar-refractivity contribution is 6.31. The molecule has 0 aliphatic carbocycles. The predicted molar refractivity (Wildman–Crippen MR) is 75.6 cm³/mol. The van der Waals surface area contributed by atoms with Crippen LogP contribution in [-0.2, 0) is 6.42 Å². The second-order valence-electron chi connectivity index (χ2n) is 5.18. The molecule has 19 heavy (non-hydrogen) atoms. The number of hydrogen-bond acceptors (Lipinski definition) is 3. The Morgan fingerprint density at radius 3 is 3.00 bits per heavy atom. The number of likely N-dealkylation sites (tertiary alicyclic amines) is 1. The zero-order chi connectivity index (χ0) is 13.2. The number of hydrogen-bond donors (Lipinski definition) is 0. The van der Waals surface area contributed by atoms with Gasteiger partial charge >= 0.3 is 0 Å². The molecule has 3 nitrogen and oxygen atoms in total. The van der Waals surface area contributed by atoms with Gasteiger partial charge in [0.15, 0.2) is 5.89 Å². The van der Waals surface area contributed by atoms with Crippen LogP contribution in [-0.4, -0.2) is 30.0 Å². The van der Waals surface area contributed by atoms with E-state index < -0.39 is 0 Å². The number of nitrogens with zero attached hydrogens (tertiary/aromatic N) is 2. The molecule has 0 spiro atoms. The lowest BCUT2D eigenvalue weighted by molar-refractivity contribution is 0.385. The summed E-state index contributed by atoms with van der Waals surface area (Å²) in [5.74, 6) is 2.19. The van der Waals surface area contributed by atoms with Gasteiger partial charge in [-0.3, -0.25) is 0 Å². The summed E-state index contributed by atoms with van der Waals surface area (Å²) in [5.41, 5.74) is 1.08. The molecule has 0 saturated carbocycles. The normalized spacial score (nSPS) is 20.0. The van der Waals surface area contributed by atoms with Crippen molar-refractivity contribution in [3.05, 3.63) is 52.7 Å². The number of benzene rings is 1. The van der Waals surface area contributed by atoms with Gasteiger partial charge in [0.1, 0.15) is 5.76 Å². The summed E-state index contributed by atoms with van der Waals surface area (Å²) in [6.45, 7) is 2.15. The predicted octanol–water partition coefficient (Wildman–Crippen LogP) is 3.34. The van der Waals surface area contributed by atoms with Crippen molar-refractivity contribution in [2.75, 3.05) is 20.1 Å². The van der Waals surface area contributed by atoms with Crippen LogP contribution in [0.2, 0.25) is 5.02 Å². The lowest BCUT2D eigenvalue weighted by Gasteiger charge is -2.06. The van der Waals surface area contributed by atoms with Crippen molar-refractivity contribution in [1.82, 2.24) is 9.88 Å². The van der Waals surface area contributed by atoms with Gasteiger partial charge in [0.2, 0.25) is 0 Å². The molecule has 0 radical (unpaired) electrons. The Hall–Kier alpha value is -1.32. The largest absolute Gasteiger partial charge is 0.445 e. The Bertz CT molecular complexity index is 567. The summed E-state index contributed by atoms with van der Waals surface area (Å²) < 4.78 is 5.88. The first-order valence-corrected chi connectivity index (χ1v) is 6.96. The van der Waals surface area contributed by atoms with Crippen molar-refractivity contribution in [1.29, 1.82) is 0 Å². The molecule has 3 rings (SSSR count). The van der Waals surface area contributed by atoms with Crippen LogP contribution < -0.4 is 0 Å². The van der Waals surface area contributed by atoms with Crippen LogP contribution in [0.25, 0.3) is 0 Å². The van der Waals surface area contributed by atoms with E-state index in [1.165, 1.54) is 0 Å². The average molecular weight is 277 g/mol. The molecule has 2 aromatic rings. The minimum atomic E-state index is 0.435. The number of halogens is 1. The number of likely N-dealkylation sites (N-methyl/N-ethyl adjacent to an activating group) is 1. The van der Waals surface area contributed by atoms with Crippen molar-refractivity contribution in [3.63, 3.8) is 0 Å². The van der Waals surface area contributed by atoms with E-state index in [1.807, 2.05) is 30.5 Å². The highest BCUT2D eigenvalue weighted by Gasteiger charge is 2.25. The monoisotopic (exact) mass is 276 g/mol. The standard InChI is InChI=1S/C15H17ClN2O/c1-18-7-6-12(10-18)15-17-9-13(19-15)8-11-4-2-3-5-14(11)16/h2-5,9,12H,6-8,10H2,1H3. The Balaban J connectivity index is 1.73. The van der Waals surface area contributed by atoms with Gasteiger partial charge in [0.25, 0.3) is 0 Å². The molecule has 1 aliphatic heterocycles.